The molecule has 2 aromatic carbocycles. The van der Waals surface area contributed by atoms with E-state index in [0.29, 0.717) is 0 Å². The number of carbonyl (C=O) groups is 1. The molecule has 1 aliphatic heterocycles. The molecule has 2 saturated carbocycles. The normalized spacial score (nSPS) is 28.0. The van der Waals surface area contributed by atoms with Crippen LogP contribution in [0.3, 0.4) is 0 Å². The molecule has 4 nitrogen and oxygen atoms in total. The summed E-state index contributed by atoms with van der Waals surface area (Å²) in [5, 5.41) is 2.33. The molecule has 1 saturated heterocycles. The number of nitrogens with zero attached hydrogens (tertiary/aromatic N) is 2. The maximum Gasteiger partial charge on any atom is 0.260 e. The van der Waals surface area contributed by atoms with Crippen molar-refractivity contribution in [2.45, 2.75) is 31.7 Å². The van der Waals surface area contributed by atoms with Gasteiger partial charge in [-0.1, -0.05) is 36.8 Å². The second kappa shape index (κ2) is 7.16. The van der Waals surface area contributed by atoms with Crippen LogP contribution >= 0.6 is 0 Å². The first-order valence-electron chi connectivity index (χ1n) is 10.4. The van der Waals surface area contributed by atoms with Gasteiger partial charge in [0.25, 0.3) is 5.91 Å². The van der Waals surface area contributed by atoms with Crippen molar-refractivity contribution in [1.82, 2.24) is 9.80 Å². The number of fused-ring (bicyclic) bond motifs is 3. The smallest absolute Gasteiger partial charge is 0.260 e. The summed E-state index contributed by atoms with van der Waals surface area (Å²) in [6.45, 7) is 3.86. The predicted molar refractivity (Wildman–Crippen MR) is 107 cm³/mol. The van der Waals surface area contributed by atoms with Gasteiger partial charge in [-0.2, -0.15) is 0 Å². The molecular formula is C23H28N2O2. The van der Waals surface area contributed by atoms with Gasteiger partial charge in [-0.05, 0) is 54.0 Å². The summed E-state index contributed by atoms with van der Waals surface area (Å²) in [4.78, 5) is 17.2. The molecule has 3 atom stereocenters. The maximum absolute atomic E-state index is 12.6. The number of amides is 1. The molecule has 2 aliphatic carbocycles. The van der Waals surface area contributed by atoms with Crippen LogP contribution < -0.4 is 4.74 Å². The van der Waals surface area contributed by atoms with Crippen LogP contribution in [0.15, 0.2) is 42.5 Å². The van der Waals surface area contributed by atoms with Gasteiger partial charge >= 0.3 is 0 Å². The predicted octanol–water partition coefficient (Wildman–Crippen LogP) is 3.55. The van der Waals surface area contributed by atoms with Crippen LogP contribution in [0.1, 0.15) is 25.7 Å². The standard InChI is InChI=1S/C23H28N2O2/c26-23(16-27-21-8-7-18-3-1-2-4-19(18)15-21)25-11-9-24(10-12-25)22-14-17-5-6-20(22)13-17/h1-4,7-8,15,17,20,22H,5-6,9-14,16H2/t17-,20+,22-/m0/s1. The highest BCUT2D eigenvalue weighted by Crippen LogP contribution is 2.46. The molecule has 3 aliphatic rings. The van der Waals surface area contributed by atoms with Crippen molar-refractivity contribution in [1.29, 1.82) is 0 Å². The van der Waals surface area contributed by atoms with E-state index in [9.17, 15) is 4.79 Å². The minimum atomic E-state index is 0.107. The highest BCUT2D eigenvalue weighted by atomic mass is 16.5. The molecule has 2 aromatic rings. The first kappa shape index (κ1) is 17.1. The zero-order chi connectivity index (χ0) is 18.2. The molecule has 4 heteroatoms. The monoisotopic (exact) mass is 364 g/mol. The van der Waals surface area contributed by atoms with Gasteiger partial charge in [0, 0.05) is 32.2 Å². The number of hydrogen-bond acceptors (Lipinski definition) is 3. The Bertz CT molecular complexity index is 828. The van der Waals surface area contributed by atoms with Gasteiger partial charge in [0.2, 0.25) is 0 Å². The Morgan fingerprint density at radius 2 is 1.78 bits per heavy atom. The number of carbonyl (C=O) groups excluding carboxylic acids is 1. The fourth-order valence-corrected chi connectivity index (χ4v) is 5.45. The molecular weight excluding hydrogens is 336 g/mol. The van der Waals surface area contributed by atoms with Gasteiger partial charge in [0.1, 0.15) is 5.75 Å². The molecule has 1 amide bonds. The SMILES string of the molecule is O=C(COc1ccc2ccccc2c1)N1CCN([C@H]2C[C@H]3CC[C@@H]2C3)CC1. The minimum absolute atomic E-state index is 0.107. The van der Waals surface area contributed by atoms with Gasteiger partial charge in [-0.25, -0.2) is 0 Å². The zero-order valence-electron chi connectivity index (χ0n) is 15.8. The van der Waals surface area contributed by atoms with Gasteiger partial charge < -0.3 is 9.64 Å². The van der Waals surface area contributed by atoms with Crippen molar-refractivity contribution in [3.63, 3.8) is 0 Å². The lowest BCUT2D eigenvalue weighted by Crippen LogP contribution is -2.53. The van der Waals surface area contributed by atoms with Crippen LogP contribution in [0.2, 0.25) is 0 Å². The van der Waals surface area contributed by atoms with Crippen LogP contribution in [0.4, 0.5) is 0 Å². The number of hydrogen-bond donors (Lipinski definition) is 0. The Morgan fingerprint density at radius 3 is 2.52 bits per heavy atom. The van der Waals surface area contributed by atoms with Crippen molar-refractivity contribution in [3.8, 4) is 5.75 Å². The number of piperazine rings is 1. The maximum atomic E-state index is 12.6. The highest BCUT2D eigenvalue weighted by Gasteiger charge is 2.42. The van der Waals surface area contributed by atoms with Crippen molar-refractivity contribution >= 4 is 16.7 Å². The van der Waals surface area contributed by atoms with E-state index < -0.39 is 0 Å². The molecule has 3 fully saturated rings. The van der Waals surface area contributed by atoms with Gasteiger partial charge in [-0.3, -0.25) is 9.69 Å². The van der Waals surface area contributed by atoms with E-state index in [0.717, 1.165) is 55.2 Å². The van der Waals surface area contributed by atoms with Crippen LogP contribution in [0, 0.1) is 11.8 Å². The van der Waals surface area contributed by atoms with Crippen LogP contribution in [0.25, 0.3) is 10.8 Å². The van der Waals surface area contributed by atoms with E-state index in [-0.39, 0.29) is 12.5 Å². The van der Waals surface area contributed by atoms with E-state index in [4.69, 9.17) is 4.74 Å². The average Bonchev–Trinajstić information content (AvgIpc) is 3.36. The molecule has 0 N–H and O–H groups in total. The fraction of sp³-hybridized carbons (Fsp3) is 0.522. The van der Waals surface area contributed by atoms with Gasteiger partial charge in [0.15, 0.2) is 6.61 Å². The Labute approximate surface area is 161 Å². The summed E-state index contributed by atoms with van der Waals surface area (Å²) in [7, 11) is 0. The minimum Gasteiger partial charge on any atom is -0.484 e. The Kier molecular flexibility index (Phi) is 4.52. The fourth-order valence-electron chi connectivity index (χ4n) is 5.45. The molecule has 1 heterocycles. The van der Waals surface area contributed by atoms with E-state index in [2.05, 4.69) is 17.0 Å². The average molecular weight is 364 g/mol. The number of rotatable bonds is 4. The molecule has 5 rings (SSSR count). The zero-order valence-corrected chi connectivity index (χ0v) is 15.8. The van der Waals surface area contributed by atoms with E-state index in [1.165, 1.54) is 31.1 Å². The van der Waals surface area contributed by atoms with E-state index in [1.54, 1.807) is 0 Å². The van der Waals surface area contributed by atoms with Gasteiger partial charge in [-0.15, -0.1) is 0 Å². The summed E-state index contributed by atoms with van der Waals surface area (Å²) in [6, 6.07) is 15.0. The second-order valence-corrected chi connectivity index (χ2v) is 8.46. The number of ether oxygens (including phenoxy) is 1. The molecule has 0 aromatic heterocycles. The molecule has 2 bridgehead atoms. The lowest BCUT2D eigenvalue weighted by Gasteiger charge is -2.41. The Morgan fingerprint density at radius 1 is 0.963 bits per heavy atom. The largest absolute Gasteiger partial charge is 0.484 e. The van der Waals surface area contributed by atoms with Crippen molar-refractivity contribution in [2.75, 3.05) is 32.8 Å². The summed E-state index contributed by atoms with van der Waals surface area (Å²) < 4.78 is 5.79. The Hall–Kier alpha value is -2.07. The lowest BCUT2D eigenvalue weighted by molar-refractivity contribution is -0.135. The summed E-state index contributed by atoms with van der Waals surface area (Å²) >= 11 is 0. The third-order valence-corrected chi connectivity index (χ3v) is 6.92. The van der Waals surface area contributed by atoms with Crippen molar-refractivity contribution in [2.24, 2.45) is 11.8 Å². The van der Waals surface area contributed by atoms with Gasteiger partial charge in [0.05, 0.1) is 0 Å². The van der Waals surface area contributed by atoms with Crippen LogP contribution in [0.5, 0.6) is 5.75 Å². The molecule has 27 heavy (non-hydrogen) atoms. The number of benzene rings is 2. The van der Waals surface area contributed by atoms with E-state index >= 15 is 0 Å². The molecule has 142 valence electrons. The first-order chi connectivity index (χ1) is 13.3. The van der Waals surface area contributed by atoms with E-state index in [1.807, 2.05) is 35.2 Å². The second-order valence-electron chi connectivity index (χ2n) is 8.46. The lowest BCUT2D eigenvalue weighted by atomic mass is 9.93. The topological polar surface area (TPSA) is 32.8 Å². The summed E-state index contributed by atoms with van der Waals surface area (Å²) in [6.07, 6.45) is 5.72. The van der Waals surface area contributed by atoms with Crippen molar-refractivity contribution in [3.05, 3.63) is 42.5 Å². The third kappa shape index (κ3) is 3.43. The van der Waals surface area contributed by atoms with Crippen LogP contribution in [-0.2, 0) is 4.79 Å². The molecule has 0 radical (unpaired) electrons. The first-order valence-corrected chi connectivity index (χ1v) is 10.4. The third-order valence-electron chi connectivity index (χ3n) is 6.92. The quantitative estimate of drug-likeness (QED) is 0.832. The highest BCUT2D eigenvalue weighted by molar-refractivity contribution is 5.84. The summed E-state index contributed by atoms with van der Waals surface area (Å²) in [5.41, 5.74) is 0. The van der Waals surface area contributed by atoms with Crippen molar-refractivity contribution < 1.29 is 9.53 Å². The Balaban J connectivity index is 1.13. The molecule has 0 spiro atoms. The molecule has 0 unspecified atom stereocenters. The van der Waals surface area contributed by atoms with Crippen LogP contribution in [-0.4, -0.2) is 54.5 Å². The summed E-state index contributed by atoms with van der Waals surface area (Å²) in [5.74, 6) is 2.78.